The van der Waals surface area contributed by atoms with E-state index in [1.807, 2.05) is 0 Å². The van der Waals surface area contributed by atoms with Crippen LogP contribution in [-0.4, -0.2) is 23.0 Å². The average molecular weight is 183 g/mol. The summed E-state index contributed by atoms with van der Waals surface area (Å²) >= 11 is 0. The lowest BCUT2D eigenvalue weighted by Crippen LogP contribution is -2.37. The topological polar surface area (TPSA) is 66.4 Å². The molecule has 4 heteroatoms. The van der Waals surface area contributed by atoms with Crippen molar-refractivity contribution < 1.29 is 14.7 Å². The van der Waals surface area contributed by atoms with Crippen LogP contribution in [0, 0.1) is 11.8 Å². The van der Waals surface area contributed by atoms with Gasteiger partial charge in [-0.15, -0.1) is 0 Å². The summed E-state index contributed by atoms with van der Waals surface area (Å²) in [5.41, 5.74) is 0. The molecule has 3 unspecified atom stereocenters. The van der Waals surface area contributed by atoms with Gasteiger partial charge in [-0.25, -0.2) is 4.79 Å². The molecule has 0 aromatic rings. The van der Waals surface area contributed by atoms with Gasteiger partial charge in [-0.2, -0.15) is 0 Å². The zero-order chi connectivity index (χ0) is 9.42. The second-order valence-corrected chi connectivity index (χ2v) is 3.88. The van der Waals surface area contributed by atoms with Gasteiger partial charge in [-0.3, -0.25) is 4.79 Å². The summed E-state index contributed by atoms with van der Waals surface area (Å²) in [7, 11) is 0. The van der Waals surface area contributed by atoms with Gasteiger partial charge in [0.05, 0.1) is 0 Å². The van der Waals surface area contributed by atoms with Crippen molar-refractivity contribution in [1.82, 2.24) is 5.32 Å². The number of carboxylic acids is 1. The van der Waals surface area contributed by atoms with E-state index in [1.54, 1.807) is 0 Å². The van der Waals surface area contributed by atoms with Gasteiger partial charge >= 0.3 is 5.97 Å². The lowest BCUT2D eigenvalue weighted by atomic mass is 9.78. The third kappa shape index (κ3) is 1.30. The number of amides is 1. The minimum absolute atomic E-state index is 0.0325. The lowest BCUT2D eigenvalue weighted by Gasteiger charge is -2.24. The first-order valence-corrected chi connectivity index (χ1v) is 4.73. The maximum Gasteiger partial charge on any atom is 0.326 e. The molecule has 13 heavy (non-hydrogen) atoms. The molecule has 0 aromatic carbocycles. The number of hydrogen-bond donors (Lipinski definition) is 2. The quantitative estimate of drug-likeness (QED) is 0.617. The number of carbonyl (C=O) groups is 2. The van der Waals surface area contributed by atoms with Gasteiger partial charge in [0, 0.05) is 11.8 Å². The summed E-state index contributed by atoms with van der Waals surface area (Å²) in [6, 6.07) is -0.627. The van der Waals surface area contributed by atoms with Crippen molar-refractivity contribution in [3.8, 4) is 0 Å². The molecule has 1 saturated heterocycles. The monoisotopic (exact) mass is 183 g/mol. The number of carbonyl (C=O) groups excluding carboxylic acids is 1. The van der Waals surface area contributed by atoms with E-state index in [-0.39, 0.29) is 17.7 Å². The highest BCUT2D eigenvalue weighted by molar-refractivity contribution is 5.89. The Balaban J connectivity index is 2.17. The zero-order valence-corrected chi connectivity index (χ0v) is 7.32. The van der Waals surface area contributed by atoms with Crippen molar-refractivity contribution in [3.05, 3.63) is 0 Å². The fourth-order valence-electron chi connectivity index (χ4n) is 2.50. The van der Waals surface area contributed by atoms with Crippen LogP contribution in [0.3, 0.4) is 0 Å². The molecule has 1 heterocycles. The highest BCUT2D eigenvalue weighted by Crippen LogP contribution is 2.36. The van der Waals surface area contributed by atoms with Crippen LogP contribution in [0.5, 0.6) is 0 Å². The van der Waals surface area contributed by atoms with Crippen molar-refractivity contribution in [2.24, 2.45) is 11.8 Å². The van der Waals surface area contributed by atoms with Crippen LogP contribution in [0.4, 0.5) is 0 Å². The molecule has 1 aliphatic heterocycles. The van der Waals surface area contributed by atoms with Crippen LogP contribution in [0.2, 0.25) is 0 Å². The second kappa shape index (κ2) is 3.01. The first-order chi connectivity index (χ1) is 6.20. The first kappa shape index (κ1) is 8.53. The standard InChI is InChI=1S/C9H13NO3/c11-8-6-4-2-1-3-5(6)7(10-8)9(12)13/h5-7H,1-4H2,(H,10,11)(H,12,13). The highest BCUT2D eigenvalue weighted by atomic mass is 16.4. The largest absolute Gasteiger partial charge is 0.480 e. The summed E-state index contributed by atoms with van der Waals surface area (Å²) in [5, 5.41) is 11.4. The molecular weight excluding hydrogens is 170 g/mol. The summed E-state index contributed by atoms with van der Waals surface area (Å²) in [4.78, 5) is 22.1. The van der Waals surface area contributed by atoms with Crippen LogP contribution in [0.15, 0.2) is 0 Å². The summed E-state index contributed by atoms with van der Waals surface area (Å²) in [6.07, 6.45) is 3.85. The van der Waals surface area contributed by atoms with Crippen molar-refractivity contribution >= 4 is 11.9 Å². The van der Waals surface area contributed by atoms with E-state index in [4.69, 9.17) is 5.11 Å². The molecule has 0 spiro atoms. The molecule has 2 N–H and O–H groups in total. The molecular formula is C9H13NO3. The van der Waals surface area contributed by atoms with E-state index >= 15 is 0 Å². The van der Waals surface area contributed by atoms with Crippen molar-refractivity contribution in [2.45, 2.75) is 31.7 Å². The normalized spacial score (nSPS) is 38.2. The molecule has 0 bridgehead atoms. The SMILES string of the molecule is O=C1NC(C(=O)O)C2CCCCC12. The lowest BCUT2D eigenvalue weighted by molar-refractivity contribution is -0.141. The molecule has 2 rings (SSSR count). The Hall–Kier alpha value is -1.06. The number of aliphatic carboxylic acids is 1. The van der Waals surface area contributed by atoms with E-state index in [1.165, 1.54) is 0 Å². The van der Waals surface area contributed by atoms with Crippen LogP contribution < -0.4 is 5.32 Å². The number of carboxylic acid groups (broad SMARTS) is 1. The third-order valence-electron chi connectivity index (χ3n) is 3.15. The van der Waals surface area contributed by atoms with Gasteiger partial charge in [-0.05, 0) is 12.8 Å². The molecule has 3 atom stereocenters. The third-order valence-corrected chi connectivity index (χ3v) is 3.15. The Morgan fingerprint density at radius 1 is 1.38 bits per heavy atom. The number of nitrogens with one attached hydrogen (secondary N) is 1. The van der Waals surface area contributed by atoms with Crippen LogP contribution in [0.25, 0.3) is 0 Å². The minimum Gasteiger partial charge on any atom is -0.480 e. The molecule has 1 saturated carbocycles. The Kier molecular flexibility index (Phi) is 1.98. The van der Waals surface area contributed by atoms with Gasteiger partial charge in [0.15, 0.2) is 0 Å². The van der Waals surface area contributed by atoms with E-state index in [0.717, 1.165) is 25.7 Å². The zero-order valence-electron chi connectivity index (χ0n) is 7.32. The Bertz CT molecular complexity index is 251. The summed E-state index contributed by atoms with van der Waals surface area (Å²) < 4.78 is 0. The number of fused-ring (bicyclic) bond motifs is 1. The van der Waals surface area contributed by atoms with Crippen molar-refractivity contribution in [1.29, 1.82) is 0 Å². The van der Waals surface area contributed by atoms with E-state index in [9.17, 15) is 9.59 Å². The summed E-state index contributed by atoms with van der Waals surface area (Å²) in [5.74, 6) is -0.937. The molecule has 72 valence electrons. The van der Waals surface area contributed by atoms with Crippen LogP contribution in [-0.2, 0) is 9.59 Å². The minimum atomic E-state index is -0.886. The van der Waals surface area contributed by atoms with E-state index < -0.39 is 12.0 Å². The molecule has 1 amide bonds. The van der Waals surface area contributed by atoms with Crippen LogP contribution in [0.1, 0.15) is 25.7 Å². The Morgan fingerprint density at radius 3 is 2.77 bits per heavy atom. The average Bonchev–Trinajstić information content (AvgIpc) is 2.45. The number of hydrogen-bond acceptors (Lipinski definition) is 2. The van der Waals surface area contributed by atoms with Gasteiger partial charge in [0.25, 0.3) is 0 Å². The fraction of sp³-hybridized carbons (Fsp3) is 0.778. The molecule has 0 radical (unpaired) electrons. The predicted octanol–water partition coefficient (Wildman–Crippen LogP) is 0.376. The Labute approximate surface area is 76.3 Å². The van der Waals surface area contributed by atoms with Gasteiger partial charge in [0.1, 0.15) is 6.04 Å². The fourth-order valence-corrected chi connectivity index (χ4v) is 2.50. The first-order valence-electron chi connectivity index (χ1n) is 4.73. The predicted molar refractivity (Wildman–Crippen MR) is 45.0 cm³/mol. The molecule has 4 nitrogen and oxygen atoms in total. The van der Waals surface area contributed by atoms with Gasteiger partial charge in [-0.1, -0.05) is 12.8 Å². The molecule has 1 aliphatic carbocycles. The number of rotatable bonds is 1. The van der Waals surface area contributed by atoms with E-state index in [0.29, 0.717) is 0 Å². The smallest absolute Gasteiger partial charge is 0.326 e. The van der Waals surface area contributed by atoms with Gasteiger partial charge < -0.3 is 10.4 Å². The van der Waals surface area contributed by atoms with E-state index in [2.05, 4.69) is 5.32 Å². The molecule has 2 fully saturated rings. The van der Waals surface area contributed by atoms with Crippen molar-refractivity contribution in [3.63, 3.8) is 0 Å². The summed E-state index contributed by atoms with van der Waals surface area (Å²) in [6.45, 7) is 0. The van der Waals surface area contributed by atoms with Gasteiger partial charge in [0.2, 0.25) is 5.91 Å². The highest BCUT2D eigenvalue weighted by Gasteiger charge is 2.46. The maximum atomic E-state index is 11.3. The maximum absolute atomic E-state index is 11.3. The Morgan fingerprint density at radius 2 is 2.08 bits per heavy atom. The second-order valence-electron chi connectivity index (χ2n) is 3.88. The van der Waals surface area contributed by atoms with Crippen molar-refractivity contribution in [2.75, 3.05) is 0 Å². The molecule has 2 aliphatic rings. The molecule has 0 aromatic heterocycles. The van der Waals surface area contributed by atoms with Crippen LogP contribution >= 0.6 is 0 Å².